The van der Waals surface area contributed by atoms with E-state index < -0.39 is 0 Å². The Morgan fingerprint density at radius 3 is 2.68 bits per heavy atom. The Kier molecular flexibility index (Phi) is 4.22. The highest BCUT2D eigenvalue weighted by Gasteiger charge is 2.31. The molecular formula is C15H25N3S. The van der Waals surface area contributed by atoms with Crippen molar-refractivity contribution in [1.82, 2.24) is 15.1 Å². The van der Waals surface area contributed by atoms with Crippen LogP contribution in [0, 0.1) is 5.41 Å². The Morgan fingerprint density at radius 1 is 1.26 bits per heavy atom. The van der Waals surface area contributed by atoms with Crippen LogP contribution < -0.4 is 5.32 Å². The average Bonchev–Trinajstić information content (AvgIpc) is 3.04. The maximum absolute atomic E-state index is 3.51. The standard InChI is InChI=1S/C15H25N3S/c1-15(4-5-16-12-15)13-18-8-6-17(7-9-18)11-14-3-2-10-19-14/h2-3,10,16H,4-9,11-13H2,1H3. The highest BCUT2D eigenvalue weighted by molar-refractivity contribution is 7.09. The van der Waals surface area contributed by atoms with E-state index in [1.165, 1.54) is 57.1 Å². The SMILES string of the molecule is CC1(CN2CCN(Cc3cccs3)CC2)CCNC1. The van der Waals surface area contributed by atoms with Gasteiger partial charge < -0.3 is 10.2 Å². The van der Waals surface area contributed by atoms with E-state index in [0.29, 0.717) is 5.41 Å². The summed E-state index contributed by atoms with van der Waals surface area (Å²) in [5.41, 5.74) is 0.510. The first kappa shape index (κ1) is 13.6. The summed E-state index contributed by atoms with van der Waals surface area (Å²) < 4.78 is 0. The summed E-state index contributed by atoms with van der Waals surface area (Å²) in [5.74, 6) is 0. The Bertz CT molecular complexity index is 376. The molecule has 2 fully saturated rings. The molecule has 0 aromatic carbocycles. The highest BCUT2D eigenvalue weighted by atomic mass is 32.1. The molecule has 3 rings (SSSR count). The van der Waals surface area contributed by atoms with Crippen LogP contribution in [0.1, 0.15) is 18.2 Å². The lowest BCUT2D eigenvalue weighted by atomic mass is 9.89. The Hall–Kier alpha value is -0.420. The molecule has 0 aliphatic carbocycles. The molecule has 1 N–H and O–H groups in total. The van der Waals surface area contributed by atoms with E-state index in [1.54, 1.807) is 0 Å². The van der Waals surface area contributed by atoms with E-state index in [1.807, 2.05) is 11.3 Å². The topological polar surface area (TPSA) is 18.5 Å². The van der Waals surface area contributed by atoms with E-state index >= 15 is 0 Å². The third-order valence-electron chi connectivity index (χ3n) is 4.49. The third kappa shape index (κ3) is 3.57. The van der Waals surface area contributed by atoms with Crippen LogP contribution in [0.3, 0.4) is 0 Å². The third-order valence-corrected chi connectivity index (χ3v) is 5.35. The van der Waals surface area contributed by atoms with Crippen LogP contribution in [0.2, 0.25) is 0 Å². The van der Waals surface area contributed by atoms with Crippen molar-refractivity contribution in [3.63, 3.8) is 0 Å². The predicted octanol–water partition coefficient (Wildman–Crippen LogP) is 1.87. The molecule has 1 aromatic heterocycles. The molecule has 19 heavy (non-hydrogen) atoms. The summed E-state index contributed by atoms with van der Waals surface area (Å²) in [6.45, 7) is 12.2. The van der Waals surface area contributed by atoms with Crippen molar-refractivity contribution in [2.75, 3.05) is 45.8 Å². The van der Waals surface area contributed by atoms with Gasteiger partial charge in [-0.05, 0) is 29.8 Å². The number of piperazine rings is 1. The summed E-state index contributed by atoms with van der Waals surface area (Å²) in [5, 5.41) is 5.69. The van der Waals surface area contributed by atoms with Crippen LogP contribution in [0.4, 0.5) is 0 Å². The second-order valence-corrected chi connectivity index (χ2v) is 7.40. The summed E-state index contributed by atoms with van der Waals surface area (Å²) in [6, 6.07) is 4.41. The molecule has 0 radical (unpaired) electrons. The van der Waals surface area contributed by atoms with Gasteiger partial charge in [0.1, 0.15) is 0 Å². The largest absolute Gasteiger partial charge is 0.316 e. The number of thiophene rings is 1. The summed E-state index contributed by atoms with van der Waals surface area (Å²) >= 11 is 1.88. The normalized spacial score (nSPS) is 29.9. The molecule has 3 heterocycles. The van der Waals surface area contributed by atoms with Crippen molar-refractivity contribution in [3.8, 4) is 0 Å². The fourth-order valence-electron chi connectivity index (χ4n) is 3.27. The van der Waals surface area contributed by atoms with Crippen molar-refractivity contribution >= 4 is 11.3 Å². The van der Waals surface area contributed by atoms with Gasteiger partial charge in [-0.2, -0.15) is 0 Å². The molecule has 106 valence electrons. The molecule has 2 aliphatic rings. The minimum Gasteiger partial charge on any atom is -0.316 e. The molecule has 1 aromatic rings. The Morgan fingerprint density at radius 2 is 2.05 bits per heavy atom. The van der Waals surface area contributed by atoms with Gasteiger partial charge in [-0.1, -0.05) is 13.0 Å². The fraction of sp³-hybridized carbons (Fsp3) is 0.733. The van der Waals surface area contributed by atoms with Gasteiger partial charge in [-0.15, -0.1) is 11.3 Å². The quantitative estimate of drug-likeness (QED) is 0.908. The molecule has 0 bridgehead atoms. The minimum absolute atomic E-state index is 0.510. The number of hydrogen-bond acceptors (Lipinski definition) is 4. The molecule has 0 saturated carbocycles. The Balaban J connectivity index is 1.44. The lowest BCUT2D eigenvalue weighted by Gasteiger charge is -2.38. The smallest absolute Gasteiger partial charge is 0.0328 e. The summed E-state index contributed by atoms with van der Waals surface area (Å²) in [7, 11) is 0. The molecule has 0 spiro atoms. The summed E-state index contributed by atoms with van der Waals surface area (Å²) in [4.78, 5) is 6.76. The zero-order valence-electron chi connectivity index (χ0n) is 11.9. The van der Waals surface area contributed by atoms with E-state index in [2.05, 4.69) is 39.6 Å². The number of nitrogens with one attached hydrogen (secondary N) is 1. The van der Waals surface area contributed by atoms with Gasteiger partial charge in [-0.25, -0.2) is 0 Å². The van der Waals surface area contributed by atoms with Crippen molar-refractivity contribution in [2.45, 2.75) is 19.9 Å². The molecule has 1 atom stereocenters. The monoisotopic (exact) mass is 279 g/mol. The van der Waals surface area contributed by atoms with Crippen LogP contribution >= 0.6 is 11.3 Å². The van der Waals surface area contributed by atoms with E-state index in [9.17, 15) is 0 Å². The zero-order valence-corrected chi connectivity index (χ0v) is 12.7. The number of rotatable bonds is 4. The Labute approximate surface area is 120 Å². The lowest BCUT2D eigenvalue weighted by Crippen LogP contribution is -2.49. The van der Waals surface area contributed by atoms with Crippen molar-refractivity contribution in [2.24, 2.45) is 5.41 Å². The lowest BCUT2D eigenvalue weighted by molar-refractivity contribution is 0.0938. The van der Waals surface area contributed by atoms with E-state index in [-0.39, 0.29) is 0 Å². The van der Waals surface area contributed by atoms with E-state index in [4.69, 9.17) is 0 Å². The van der Waals surface area contributed by atoms with Crippen LogP contribution in [-0.4, -0.2) is 55.6 Å². The van der Waals surface area contributed by atoms with Crippen molar-refractivity contribution < 1.29 is 0 Å². The number of hydrogen-bond donors (Lipinski definition) is 1. The van der Waals surface area contributed by atoms with Crippen LogP contribution in [0.15, 0.2) is 17.5 Å². The van der Waals surface area contributed by atoms with Gasteiger partial charge in [0, 0.05) is 50.7 Å². The number of nitrogens with zero attached hydrogens (tertiary/aromatic N) is 2. The van der Waals surface area contributed by atoms with Gasteiger partial charge in [-0.3, -0.25) is 4.90 Å². The van der Waals surface area contributed by atoms with Crippen LogP contribution in [0.25, 0.3) is 0 Å². The van der Waals surface area contributed by atoms with Crippen LogP contribution in [-0.2, 0) is 6.54 Å². The molecule has 0 amide bonds. The maximum atomic E-state index is 3.51. The van der Waals surface area contributed by atoms with Crippen molar-refractivity contribution in [3.05, 3.63) is 22.4 Å². The minimum atomic E-state index is 0.510. The predicted molar refractivity (Wildman–Crippen MR) is 81.6 cm³/mol. The van der Waals surface area contributed by atoms with Crippen molar-refractivity contribution in [1.29, 1.82) is 0 Å². The first-order valence-corrected chi connectivity index (χ1v) is 8.29. The van der Waals surface area contributed by atoms with Gasteiger partial charge >= 0.3 is 0 Å². The first-order chi connectivity index (χ1) is 9.23. The summed E-state index contributed by atoms with van der Waals surface area (Å²) in [6.07, 6.45) is 1.34. The van der Waals surface area contributed by atoms with Gasteiger partial charge in [0.25, 0.3) is 0 Å². The first-order valence-electron chi connectivity index (χ1n) is 7.41. The fourth-order valence-corrected chi connectivity index (χ4v) is 4.02. The second-order valence-electron chi connectivity index (χ2n) is 6.37. The van der Waals surface area contributed by atoms with E-state index in [0.717, 1.165) is 6.54 Å². The molecule has 4 heteroatoms. The van der Waals surface area contributed by atoms with Gasteiger partial charge in [0.05, 0.1) is 0 Å². The van der Waals surface area contributed by atoms with Gasteiger partial charge in [0.2, 0.25) is 0 Å². The second kappa shape index (κ2) is 5.92. The zero-order chi connectivity index (χ0) is 13.1. The van der Waals surface area contributed by atoms with Gasteiger partial charge in [0.15, 0.2) is 0 Å². The maximum Gasteiger partial charge on any atom is 0.0328 e. The van der Waals surface area contributed by atoms with Crippen LogP contribution in [0.5, 0.6) is 0 Å². The highest BCUT2D eigenvalue weighted by Crippen LogP contribution is 2.26. The molecule has 3 nitrogen and oxygen atoms in total. The molecular weight excluding hydrogens is 254 g/mol. The molecule has 1 unspecified atom stereocenters. The molecule has 2 saturated heterocycles. The average molecular weight is 279 g/mol. The molecule has 2 aliphatic heterocycles.